The number of aliphatic hydroxyl groups is 1. The van der Waals surface area contributed by atoms with Crippen LogP contribution >= 0.6 is 0 Å². The predicted octanol–water partition coefficient (Wildman–Crippen LogP) is 2.62. The van der Waals surface area contributed by atoms with E-state index in [9.17, 15) is 5.11 Å². The van der Waals surface area contributed by atoms with Gasteiger partial charge in [-0.3, -0.25) is 0 Å². The van der Waals surface area contributed by atoms with Crippen molar-refractivity contribution in [3.8, 4) is 0 Å². The average Bonchev–Trinajstić information content (AvgIpc) is 2.46. The molecular formula is C16H27NO3. The number of para-hydroxylation sites is 1. The van der Waals surface area contributed by atoms with Crippen molar-refractivity contribution < 1.29 is 14.6 Å². The number of nitrogens with zero attached hydrogens (tertiary/aromatic N) is 1. The van der Waals surface area contributed by atoms with Crippen molar-refractivity contribution in [1.29, 1.82) is 0 Å². The van der Waals surface area contributed by atoms with Crippen LogP contribution in [-0.4, -0.2) is 44.6 Å². The van der Waals surface area contributed by atoms with E-state index in [1.54, 1.807) is 6.92 Å². The minimum atomic E-state index is -0.479. The highest BCUT2D eigenvalue weighted by Gasteiger charge is 2.13. The summed E-state index contributed by atoms with van der Waals surface area (Å²) < 4.78 is 10.9. The predicted molar refractivity (Wildman–Crippen MR) is 82.3 cm³/mol. The number of rotatable bonds is 10. The van der Waals surface area contributed by atoms with E-state index in [0.717, 1.165) is 37.6 Å². The van der Waals surface area contributed by atoms with Crippen molar-refractivity contribution in [2.75, 3.05) is 44.4 Å². The maximum absolute atomic E-state index is 9.91. The second kappa shape index (κ2) is 9.75. The van der Waals surface area contributed by atoms with Gasteiger partial charge in [0.1, 0.15) is 0 Å². The van der Waals surface area contributed by atoms with Gasteiger partial charge in [0, 0.05) is 37.6 Å². The number of aliphatic hydroxyl groups excluding tert-OH is 1. The Morgan fingerprint density at radius 2 is 1.60 bits per heavy atom. The van der Waals surface area contributed by atoms with E-state index in [-0.39, 0.29) is 0 Å². The molecule has 0 fully saturated rings. The Hall–Kier alpha value is -1.10. The first kappa shape index (κ1) is 17.0. The van der Waals surface area contributed by atoms with Crippen LogP contribution in [-0.2, 0) is 9.47 Å². The summed E-state index contributed by atoms with van der Waals surface area (Å²) in [4.78, 5) is 2.22. The van der Waals surface area contributed by atoms with Crippen LogP contribution in [0.15, 0.2) is 24.3 Å². The quantitative estimate of drug-likeness (QED) is 0.669. The summed E-state index contributed by atoms with van der Waals surface area (Å²) in [5.41, 5.74) is 2.00. The minimum Gasteiger partial charge on any atom is -0.389 e. The van der Waals surface area contributed by atoms with E-state index < -0.39 is 6.10 Å². The van der Waals surface area contributed by atoms with Gasteiger partial charge in [0.2, 0.25) is 0 Å². The van der Waals surface area contributed by atoms with Crippen LogP contribution in [0.1, 0.15) is 32.4 Å². The van der Waals surface area contributed by atoms with Gasteiger partial charge in [-0.15, -0.1) is 0 Å². The standard InChI is InChI=1S/C16H27NO3/c1-4-19-12-10-17(11-13-20-5-2)16-9-7-6-8-15(16)14(3)18/h6-9,14,18H,4-5,10-13H2,1-3H3. The van der Waals surface area contributed by atoms with Gasteiger partial charge in [-0.25, -0.2) is 0 Å². The van der Waals surface area contributed by atoms with Crippen molar-refractivity contribution >= 4 is 5.69 Å². The van der Waals surface area contributed by atoms with Crippen LogP contribution in [0, 0.1) is 0 Å². The maximum atomic E-state index is 9.91. The lowest BCUT2D eigenvalue weighted by atomic mass is 10.1. The zero-order valence-corrected chi connectivity index (χ0v) is 12.8. The van der Waals surface area contributed by atoms with E-state index >= 15 is 0 Å². The number of hydrogen-bond acceptors (Lipinski definition) is 4. The summed E-state index contributed by atoms with van der Waals surface area (Å²) in [6, 6.07) is 7.96. The fourth-order valence-electron chi connectivity index (χ4n) is 2.12. The van der Waals surface area contributed by atoms with Crippen molar-refractivity contribution in [2.24, 2.45) is 0 Å². The Labute approximate surface area is 122 Å². The van der Waals surface area contributed by atoms with Crippen LogP contribution in [0.25, 0.3) is 0 Å². The number of ether oxygens (including phenoxy) is 2. The lowest BCUT2D eigenvalue weighted by Crippen LogP contribution is -2.32. The van der Waals surface area contributed by atoms with Crippen molar-refractivity contribution in [2.45, 2.75) is 26.9 Å². The molecule has 1 rings (SSSR count). The number of hydrogen-bond donors (Lipinski definition) is 1. The SMILES string of the molecule is CCOCCN(CCOCC)c1ccccc1C(C)O. The molecule has 114 valence electrons. The summed E-state index contributed by atoms with van der Waals surface area (Å²) >= 11 is 0. The van der Waals surface area contributed by atoms with Crippen LogP contribution in [0.3, 0.4) is 0 Å². The molecule has 0 aliphatic heterocycles. The molecular weight excluding hydrogens is 254 g/mol. The van der Waals surface area contributed by atoms with Gasteiger partial charge in [0.05, 0.1) is 19.3 Å². The molecule has 20 heavy (non-hydrogen) atoms. The Bertz CT molecular complexity index is 358. The van der Waals surface area contributed by atoms with E-state index in [4.69, 9.17) is 9.47 Å². The molecule has 4 nitrogen and oxygen atoms in total. The second-order valence-electron chi connectivity index (χ2n) is 4.62. The normalized spacial score (nSPS) is 12.4. The highest BCUT2D eigenvalue weighted by molar-refractivity contribution is 5.54. The summed E-state index contributed by atoms with van der Waals surface area (Å²) in [6.07, 6.45) is -0.479. The fraction of sp³-hybridized carbons (Fsp3) is 0.625. The highest BCUT2D eigenvalue weighted by atomic mass is 16.5. The van der Waals surface area contributed by atoms with E-state index in [0.29, 0.717) is 13.2 Å². The second-order valence-corrected chi connectivity index (χ2v) is 4.62. The Balaban J connectivity index is 2.79. The van der Waals surface area contributed by atoms with E-state index in [1.807, 2.05) is 38.1 Å². The van der Waals surface area contributed by atoms with Gasteiger partial charge < -0.3 is 19.5 Å². The third-order valence-corrected chi connectivity index (χ3v) is 3.15. The van der Waals surface area contributed by atoms with Gasteiger partial charge in [0.25, 0.3) is 0 Å². The summed E-state index contributed by atoms with van der Waals surface area (Å²) in [5, 5.41) is 9.91. The monoisotopic (exact) mass is 281 g/mol. The summed E-state index contributed by atoms with van der Waals surface area (Å²) in [7, 11) is 0. The molecule has 1 aromatic carbocycles. The average molecular weight is 281 g/mol. The first-order chi connectivity index (χ1) is 9.70. The largest absolute Gasteiger partial charge is 0.389 e. The molecule has 0 radical (unpaired) electrons. The molecule has 1 atom stereocenters. The smallest absolute Gasteiger partial charge is 0.0781 e. The van der Waals surface area contributed by atoms with Crippen LogP contribution in [0.2, 0.25) is 0 Å². The van der Waals surface area contributed by atoms with Gasteiger partial charge in [-0.1, -0.05) is 18.2 Å². The third-order valence-electron chi connectivity index (χ3n) is 3.15. The lowest BCUT2D eigenvalue weighted by molar-refractivity contribution is 0.141. The molecule has 0 saturated heterocycles. The van der Waals surface area contributed by atoms with Gasteiger partial charge in [0.15, 0.2) is 0 Å². The topological polar surface area (TPSA) is 41.9 Å². The first-order valence-electron chi connectivity index (χ1n) is 7.38. The van der Waals surface area contributed by atoms with Crippen LogP contribution in [0.4, 0.5) is 5.69 Å². The molecule has 1 N–H and O–H groups in total. The van der Waals surface area contributed by atoms with Crippen LogP contribution in [0.5, 0.6) is 0 Å². The van der Waals surface area contributed by atoms with Crippen molar-refractivity contribution in [1.82, 2.24) is 0 Å². The molecule has 0 aliphatic carbocycles. The van der Waals surface area contributed by atoms with E-state index in [1.165, 1.54) is 0 Å². The van der Waals surface area contributed by atoms with Crippen molar-refractivity contribution in [3.05, 3.63) is 29.8 Å². The van der Waals surface area contributed by atoms with Crippen LogP contribution < -0.4 is 4.90 Å². The molecule has 4 heteroatoms. The molecule has 0 spiro atoms. The lowest BCUT2D eigenvalue weighted by Gasteiger charge is -2.27. The highest BCUT2D eigenvalue weighted by Crippen LogP contribution is 2.25. The molecule has 1 aromatic rings. The molecule has 0 aromatic heterocycles. The zero-order chi connectivity index (χ0) is 14.8. The van der Waals surface area contributed by atoms with Gasteiger partial charge in [-0.05, 0) is 26.8 Å². The Morgan fingerprint density at radius 1 is 1.05 bits per heavy atom. The van der Waals surface area contributed by atoms with Crippen molar-refractivity contribution in [3.63, 3.8) is 0 Å². The molecule has 0 aliphatic rings. The van der Waals surface area contributed by atoms with E-state index in [2.05, 4.69) is 4.90 Å². The molecule has 0 amide bonds. The van der Waals surface area contributed by atoms with Gasteiger partial charge in [-0.2, -0.15) is 0 Å². The molecule has 1 unspecified atom stereocenters. The molecule has 0 bridgehead atoms. The zero-order valence-electron chi connectivity index (χ0n) is 12.8. The fourth-order valence-corrected chi connectivity index (χ4v) is 2.12. The Kier molecular flexibility index (Phi) is 8.26. The summed E-state index contributed by atoms with van der Waals surface area (Å²) in [6.45, 7) is 10.2. The summed E-state index contributed by atoms with van der Waals surface area (Å²) in [5.74, 6) is 0. The third kappa shape index (κ3) is 5.49. The first-order valence-corrected chi connectivity index (χ1v) is 7.38. The number of benzene rings is 1. The molecule has 0 heterocycles. The minimum absolute atomic E-state index is 0.479. The maximum Gasteiger partial charge on any atom is 0.0781 e. The van der Waals surface area contributed by atoms with Gasteiger partial charge >= 0.3 is 0 Å². The number of anilines is 1. The molecule has 0 saturated carbocycles. The Morgan fingerprint density at radius 3 is 2.10 bits per heavy atom.